The molecule has 0 saturated carbocycles. The van der Waals surface area contributed by atoms with Gasteiger partial charge in [-0.05, 0) is 54.5 Å². The minimum Gasteiger partial charge on any atom is -0.272 e. The Hall–Kier alpha value is -2.13. The molecule has 2 N–H and O–H groups in total. The molecule has 1 aliphatic rings. The summed E-state index contributed by atoms with van der Waals surface area (Å²) in [4.78, 5) is 12.9. The van der Waals surface area contributed by atoms with Gasteiger partial charge in [0, 0.05) is 5.41 Å². The van der Waals surface area contributed by atoms with E-state index in [2.05, 4.69) is 12.1 Å². The zero-order chi connectivity index (χ0) is 16.4. The van der Waals surface area contributed by atoms with Crippen LogP contribution in [0.5, 0.6) is 0 Å². The van der Waals surface area contributed by atoms with Gasteiger partial charge < -0.3 is 0 Å². The molecule has 0 aromatic heterocycles. The maximum Gasteiger partial charge on any atom is 0.247 e. The van der Waals surface area contributed by atoms with Crippen LogP contribution in [0.4, 0.5) is 5.69 Å². The average molecular weight is 308 g/mol. The molecular formula is C20H24N2O. The average Bonchev–Trinajstić information content (AvgIpc) is 3.01. The first kappa shape index (κ1) is 15.8. The number of carbonyl (C=O) groups is 1. The van der Waals surface area contributed by atoms with Gasteiger partial charge in [0.15, 0.2) is 0 Å². The largest absolute Gasteiger partial charge is 0.272 e. The van der Waals surface area contributed by atoms with Gasteiger partial charge in [0.05, 0.1) is 5.69 Å². The zero-order valence-electron chi connectivity index (χ0n) is 13.9. The summed E-state index contributed by atoms with van der Waals surface area (Å²) in [5.74, 6) is 6.10. The second-order valence-corrected chi connectivity index (χ2v) is 7.03. The number of aryl methyl sites for hydroxylation is 2. The molecule has 3 heteroatoms. The third-order valence-electron chi connectivity index (χ3n) is 4.65. The van der Waals surface area contributed by atoms with Gasteiger partial charge in [-0.2, -0.15) is 0 Å². The molecule has 0 saturated heterocycles. The van der Waals surface area contributed by atoms with E-state index in [1.807, 2.05) is 50.2 Å². The molecule has 3 nitrogen and oxygen atoms in total. The molecule has 23 heavy (non-hydrogen) atoms. The fourth-order valence-corrected chi connectivity index (χ4v) is 3.33. The molecule has 0 heterocycles. The van der Waals surface area contributed by atoms with Crippen molar-refractivity contribution in [2.75, 3.05) is 5.01 Å². The Balaban J connectivity index is 1.78. The molecule has 2 aromatic rings. The zero-order valence-corrected chi connectivity index (χ0v) is 13.9. The smallest absolute Gasteiger partial charge is 0.247 e. The van der Waals surface area contributed by atoms with E-state index in [-0.39, 0.29) is 5.91 Å². The van der Waals surface area contributed by atoms with E-state index in [0.717, 1.165) is 24.1 Å². The van der Waals surface area contributed by atoms with E-state index in [1.165, 1.54) is 22.6 Å². The molecule has 0 spiro atoms. The summed E-state index contributed by atoms with van der Waals surface area (Å²) >= 11 is 0. The van der Waals surface area contributed by atoms with Crippen molar-refractivity contribution in [2.45, 2.75) is 39.5 Å². The van der Waals surface area contributed by atoms with Crippen molar-refractivity contribution in [3.8, 4) is 0 Å². The number of hydrogen-bond acceptors (Lipinski definition) is 2. The summed E-state index contributed by atoms with van der Waals surface area (Å²) in [6.45, 7) is 3.91. The molecule has 0 atom stereocenters. The minimum absolute atomic E-state index is 0.0562. The molecule has 0 unspecified atom stereocenters. The first-order valence-corrected chi connectivity index (χ1v) is 8.22. The summed E-state index contributed by atoms with van der Waals surface area (Å²) in [5, 5.41) is 1.32. The number of nitrogens with zero attached hydrogens (tertiary/aromatic N) is 1. The van der Waals surface area contributed by atoms with Crippen LogP contribution >= 0.6 is 0 Å². The Bertz CT molecular complexity index is 707. The second-order valence-electron chi connectivity index (χ2n) is 7.03. The van der Waals surface area contributed by atoms with Gasteiger partial charge >= 0.3 is 0 Å². The summed E-state index contributed by atoms with van der Waals surface area (Å²) < 4.78 is 0. The lowest BCUT2D eigenvalue weighted by Gasteiger charge is -2.29. The molecule has 0 radical (unpaired) electrons. The van der Waals surface area contributed by atoms with E-state index < -0.39 is 5.41 Å². The summed E-state index contributed by atoms with van der Waals surface area (Å²) in [5.41, 5.74) is 4.10. The summed E-state index contributed by atoms with van der Waals surface area (Å²) in [7, 11) is 0. The standard InChI is InChI=1S/C20H24N2O/c1-20(2,14-15-7-4-3-5-8-15)19(23)22(21)18-12-11-16-9-6-10-17(16)13-18/h3-5,7-8,11-13H,6,9-10,14,21H2,1-2H3. The van der Waals surface area contributed by atoms with Crippen molar-refractivity contribution < 1.29 is 4.79 Å². The van der Waals surface area contributed by atoms with Crippen molar-refractivity contribution in [1.29, 1.82) is 0 Å². The van der Waals surface area contributed by atoms with Gasteiger partial charge in [-0.15, -0.1) is 0 Å². The van der Waals surface area contributed by atoms with Crippen LogP contribution in [-0.2, 0) is 24.1 Å². The van der Waals surface area contributed by atoms with Crippen LogP contribution in [0, 0.1) is 5.41 Å². The molecule has 120 valence electrons. The minimum atomic E-state index is -0.547. The number of hydrazine groups is 1. The van der Waals surface area contributed by atoms with Crippen molar-refractivity contribution in [1.82, 2.24) is 0 Å². The number of anilines is 1. The Morgan fingerprint density at radius 1 is 1.09 bits per heavy atom. The highest BCUT2D eigenvalue weighted by Crippen LogP contribution is 2.29. The van der Waals surface area contributed by atoms with Gasteiger partial charge in [-0.25, -0.2) is 10.9 Å². The lowest BCUT2D eigenvalue weighted by Crippen LogP contribution is -2.46. The van der Waals surface area contributed by atoms with Crippen LogP contribution < -0.4 is 10.9 Å². The van der Waals surface area contributed by atoms with Crippen LogP contribution in [0.15, 0.2) is 48.5 Å². The number of amides is 1. The molecular weight excluding hydrogens is 284 g/mol. The Kier molecular flexibility index (Phi) is 4.22. The van der Waals surface area contributed by atoms with Gasteiger partial charge in [0.1, 0.15) is 0 Å². The summed E-state index contributed by atoms with van der Waals surface area (Å²) in [6.07, 6.45) is 4.08. The van der Waals surface area contributed by atoms with Gasteiger partial charge in [-0.3, -0.25) is 4.79 Å². The van der Waals surface area contributed by atoms with E-state index in [1.54, 1.807) is 0 Å². The molecule has 1 aliphatic carbocycles. The molecule has 2 aromatic carbocycles. The van der Waals surface area contributed by atoms with Gasteiger partial charge in [0.25, 0.3) is 0 Å². The topological polar surface area (TPSA) is 46.3 Å². The van der Waals surface area contributed by atoms with E-state index in [4.69, 9.17) is 5.84 Å². The molecule has 0 aliphatic heterocycles. The highest BCUT2D eigenvalue weighted by atomic mass is 16.2. The normalized spacial score (nSPS) is 13.7. The third kappa shape index (κ3) is 3.30. The predicted molar refractivity (Wildman–Crippen MR) is 94.1 cm³/mol. The van der Waals surface area contributed by atoms with Crippen LogP contribution in [-0.4, -0.2) is 5.91 Å². The maximum absolute atomic E-state index is 12.9. The first-order valence-electron chi connectivity index (χ1n) is 8.22. The van der Waals surface area contributed by atoms with Gasteiger partial charge in [-0.1, -0.05) is 50.2 Å². The second kappa shape index (κ2) is 6.17. The monoisotopic (exact) mass is 308 g/mol. The van der Waals surface area contributed by atoms with Crippen LogP contribution in [0.2, 0.25) is 0 Å². The number of rotatable bonds is 4. The number of fused-ring (bicyclic) bond motifs is 1. The lowest BCUT2D eigenvalue weighted by atomic mass is 9.84. The number of benzene rings is 2. The number of nitrogens with two attached hydrogens (primary N) is 1. The van der Waals surface area contributed by atoms with Crippen LogP contribution in [0.1, 0.15) is 37.0 Å². The Morgan fingerprint density at radius 3 is 2.52 bits per heavy atom. The number of hydrogen-bond donors (Lipinski definition) is 1. The number of carbonyl (C=O) groups excluding carboxylic acids is 1. The molecule has 0 bridgehead atoms. The van der Waals surface area contributed by atoms with Crippen molar-refractivity contribution in [3.63, 3.8) is 0 Å². The lowest BCUT2D eigenvalue weighted by molar-refractivity contribution is -0.126. The summed E-state index contributed by atoms with van der Waals surface area (Å²) in [6, 6.07) is 16.2. The van der Waals surface area contributed by atoms with E-state index >= 15 is 0 Å². The van der Waals surface area contributed by atoms with Crippen molar-refractivity contribution in [3.05, 3.63) is 65.2 Å². The van der Waals surface area contributed by atoms with E-state index in [0.29, 0.717) is 6.42 Å². The predicted octanol–water partition coefficient (Wildman–Crippen LogP) is 3.65. The Labute approximate surface area is 138 Å². The fraction of sp³-hybridized carbons (Fsp3) is 0.350. The molecule has 1 amide bonds. The van der Waals surface area contributed by atoms with Crippen molar-refractivity contribution in [2.24, 2.45) is 11.3 Å². The van der Waals surface area contributed by atoms with Crippen LogP contribution in [0.3, 0.4) is 0 Å². The van der Waals surface area contributed by atoms with Crippen LogP contribution in [0.25, 0.3) is 0 Å². The maximum atomic E-state index is 12.9. The molecule has 3 rings (SSSR count). The first-order chi connectivity index (χ1) is 11.0. The fourth-order valence-electron chi connectivity index (χ4n) is 3.33. The highest BCUT2D eigenvalue weighted by molar-refractivity contribution is 5.96. The molecule has 0 fully saturated rings. The quantitative estimate of drug-likeness (QED) is 0.532. The third-order valence-corrected chi connectivity index (χ3v) is 4.65. The van der Waals surface area contributed by atoms with Gasteiger partial charge in [0.2, 0.25) is 5.91 Å². The van der Waals surface area contributed by atoms with E-state index in [9.17, 15) is 4.79 Å². The van der Waals surface area contributed by atoms with Crippen molar-refractivity contribution >= 4 is 11.6 Å². The SMILES string of the molecule is CC(C)(Cc1ccccc1)C(=O)N(N)c1ccc2c(c1)CCC2. The Morgan fingerprint density at radius 2 is 1.78 bits per heavy atom. The highest BCUT2D eigenvalue weighted by Gasteiger charge is 2.32.